The molecule has 0 saturated carbocycles. The van der Waals surface area contributed by atoms with Crippen LogP contribution in [0.4, 0.5) is 4.79 Å². The molecule has 0 bridgehead atoms. The summed E-state index contributed by atoms with van der Waals surface area (Å²) >= 11 is 1.50. The molecule has 0 aromatic heterocycles. The number of carboxylic acids is 1. The zero-order valence-electron chi connectivity index (χ0n) is 13.7. The summed E-state index contributed by atoms with van der Waals surface area (Å²) < 4.78 is 5.39. The number of carboxylic acid groups (broad SMARTS) is 1. The summed E-state index contributed by atoms with van der Waals surface area (Å²) in [7, 11) is 0. The summed E-state index contributed by atoms with van der Waals surface area (Å²) in [5, 5.41) is 9.20. The van der Waals surface area contributed by atoms with Crippen molar-refractivity contribution in [1.82, 2.24) is 4.90 Å². The van der Waals surface area contributed by atoms with Gasteiger partial charge >= 0.3 is 12.1 Å². The molecule has 1 N–H and O–H groups in total. The second kappa shape index (κ2) is 7.25. The van der Waals surface area contributed by atoms with Gasteiger partial charge in [0.1, 0.15) is 11.6 Å². The number of amides is 1. The first-order valence-corrected chi connectivity index (χ1v) is 8.72. The fourth-order valence-corrected chi connectivity index (χ4v) is 3.86. The van der Waals surface area contributed by atoms with Gasteiger partial charge in [-0.15, -0.1) is 11.8 Å². The van der Waals surface area contributed by atoms with Gasteiger partial charge in [-0.1, -0.05) is 30.3 Å². The van der Waals surface area contributed by atoms with Gasteiger partial charge in [-0.05, 0) is 39.2 Å². The van der Waals surface area contributed by atoms with Crippen LogP contribution in [0.5, 0.6) is 0 Å². The zero-order chi connectivity index (χ0) is 17.0. The molecule has 1 aromatic rings. The molecule has 1 saturated heterocycles. The van der Waals surface area contributed by atoms with Crippen LogP contribution in [0.15, 0.2) is 30.3 Å². The lowest BCUT2D eigenvalue weighted by Gasteiger charge is -2.30. The third-order valence-electron chi connectivity index (χ3n) is 3.50. The second-order valence-electron chi connectivity index (χ2n) is 6.55. The van der Waals surface area contributed by atoms with Gasteiger partial charge in [0, 0.05) is 5.75 Å². The highest BCUT2D eigenvalue weighted by atomic mass is 32.2. The maximum absolute atomic E-state index is 12.4. The van der Waals surface area contributed by atoms with E-state index < -0.39 is 23.7 Å². The lowest BCUT2D eigenvalue weighted by Crippen LogP contribution is -2.47. The van der Waals surface area contributed by atoms with Crippen LogP contribution in [0.3, 0.4) is 0 Å². The Kier molecular flexibility index (Phi) is 5.57. The number of benzene rings is 1. The van der Waals surface area contributed by atoms with Crippen molar-refractivity contribution in [3.8, 4) is 0 Å². The molecule has 1 aliphatic heterocycles. The lowest BCUT2D eigenvalue weighted by molar-refractivity contribution is -0.142. The number of aliphatic carboxylic acids is 1. The van der Waals surface area contributed by atoms with Crippen LogP contribution >= 0.6 is 11.8 Å². The first kappa shape index (κ1) is 17.7. The van der Waals surface area contributed by atoms with E-state index >= 15 is 0 Å². The maximum atomic E-state index is 12.4. The Morgan fingerprint density at radius 1 is 1.30 bits per heavy atom. The topological polar surface area (TPSA) is 66.8 Å². The first-order valence-electron chi connectivity index (χ1n) is 7.67. The molecule has 1 heterocycles. The normalized spacial score (nSPS) is 21.3. The molecule has 0 radical (unpaired) electrons. The largest absolute Gasteiger partial charge is 0.480 e. The van der Waals surface area contributed by atoms with Crippen molar-refractivity contribution in [2.45, 2.75) is 50.6 Å². The molecular weight excluding hydrogens is 314 g/mol. The maximum Gasteiger partial charge on any atom is 0.411 e. The van der Waals surface area contributed by atoms with Crippen molar-refractivity contribution in [2.24, 2.45) is 0 Å². The summed E-state index contributed by atoms with van der Waals surface area (Å²) in [6.45, 7) is 5.34. The van der Waals surface area contributed by atoms with Crippen molar-refractivity contribution >= 4 is 23.8 Å². The lowest BCUT2D eigenvalue weighted by atomic mass is 10.1. The van der Waals surface area contributed by atoms with Gasteiger partial charge in [0.2, 0.25) is 0 Å². The molecule has 0 aliphatic carbocycles. The van der Waals surface area contributed by atoms with Crippen molar-refractivity contribution in [2.75, 3.05) is 5.75 Å². The summed E-state index contributed by atoms with van der Waals surface area (Å²) in [5.74, 6) is -0.584. The molecule has 1 fully saturated rings. The highest BCUT2D eigenvalue weighted by molar-refractivity contribution is 8.00. The van der Waals surface area contributed by atoms with E-state index in [1.165, 1.54) is 22.2 Å². The highest BCUT2D eigenvalue weighted by Crippen LogP contribution is 2.33. The monoisotopic (exact) mass is 337 g/mol. The number of thioether (sulfide) groups is 1. The van der Waals surface area contributed by atoms with Crippen LogP contribution in [0.25, 0.3) is 0 Å². The Balaban J connectivity index is 2.07. The third-order valence-corrected chi connectivity index (χ3v) is 4.86. The Morgan fingerprint density at radius 3 is 2.52 bits per heavy atom. The predicted octanol–water partition coefficient (Wildman–Crippen LogP) is 3.38. The van der Waals surface area contributed by atoms with Gasteiger partial charge in [-0.2, -0.15) is 0 Å². The van der Waals surface area contributed by atoms with Gasteiger partial charge in [-0.25, -0.2) is 9.59 Å². The molecular formula is C17H23NO4S. The van der Waals surface area contributed by atoms with Crippen molar-refractivity contribution in [3.05, 3.63) is 35.9 Å². The standard InChI is InChI=1S/C17H23NO4S/c1-17(2,3)22-16(21)18-13(15(19)20)11-23-14(18)10-9-12-7-5-4-6-8-12/h4-8,13-14H,9-11H2,1-3H3,(H,19,20). The number of carbonyl (C=O) groups excluding carboxylic acids is 1. The summed E-state index contributed by atoms with van der Waals surface area (Å²) in [5.41, 5.74) is 0.535. The van der Waals surface area contributed by atoms with Crippen LogP contribution in [0, 0.1) is 0 Å². The molecule has 1 aliphatic rings. The number of carbonyl (C=O) groups is 2. The van der Waals surface area contributed by atoms with Gasteiger partial charge in [0.05, 0.1) is 5.37 Å². The third kappa shape index (κ3) is 4.89. The molecule has 23 heavy (non-hydrogen) atoms. The molecule has 6 heteroatoms. The van der Waals surface area contributed by atoms with E-state index in [9.17, 15) is 14.7 Å². The van der Waals surface area contributed by atoms with Crippen molar-refractivity contribution in [1.29, 1.82) is 0 Å². The van der Waals surface area contributed by atoms with Crippen LogP contribution < -0.4 is 0 Å². The Morgan fingerprint density at radius 2 is 1.96 bits per heavy atom. The van der Waals surface area contributed by atoms with Crippen molar-refractivity contribution < 1.29 is 19.4 Å². The number of rotatable bonds is 4. The minimum Gasteiger partial charge on any atom is -0.480 e. The minimum atomic E-state index is -0.981. The minimum absolute atomic E-state index is 0.175. The van der Waals surface area contributed by atoms with E-state index in [0.29, 0.717) is 12.2 Å². The molecule has 5 nitrogen and oxygen atoms in total. The summed E-state index contributed by atoms with van der Waals surface area (Å²) in [6, 6.07) is 9.15. The van der Waals surface area contributed by atoms with Gasteiger partial charge in [0.15, 0.2) is 0 Å². The van der Waals surface area contributed by atoms with Gasteiger partial charge in [-0.3, -0.25) is 4.90 Å². The van der Waals surface area contributed by atoms with Gasteiger partial charge < -0.3 is 9.84 Å². The number of ether oxygens (including phenoxy) is 1. The van der Waals surface area contributed by atoms with Crippen LogP contribution in [0.1, 0.15) is 32.8 Å². The predicted molar refractivity (Wildman–Crippen MR) is 90.5 cm³/mol. The van der Waals surface area contributed by atoms with E-state index in [1.807, 2.05) is 30.3 Å². The molecule has 0 spiro atoms. The highest BCUT2D eigenvalue weighted by Gasteiger charge is 2.43. The Labute approximate surface area is 141 Å². The van der Waals surface area contributed by atoms with Gasteiger partial charge in [0.25, 0.3) is 0 Å². The first-order chi connectivity index (χ1) is 10.8. The van der Waals surface area contributed by atoms with Crippen LogP contribution in [-0.2, 0) is 16.0 Å². The van der Waals surface area contributed by atoms with E-state index in [0.717, 1.165) is 6.42 Å². The average molecular weight is 337 g/mol. The molecule has 2 rings (SSSR count). The van der Waals surface area contributed by atoms with E-state index in [-0.39, 0.29) is 5.37 Å². The smallest absolute Gasteiger partial charge is 0.411 e. The zero-order valence-corrected chi connectivity index (χ0v) is 14.5. The average Bonchev–Trinajstić information content (AvgIpc) is 2.88. The SMILES string of the molecule is CC(C)(C)OC(=O)N1C(CCc2ccccc2)SCC1C(=O)O. The number of hydrogen-bond donors (Lipinski definition) is 1. The fourth-order valence-electron chi connectivity index (χ4n) is 2.47. The quantitative estimate of drug-likeness (QED) is 0.912. The molecule has 2 unspecified atom stereocenters. The van der Waals surface area contributed by atoms with E-state index in [4.69, 9.17) is 4.74 Å². The second-order valence-corrected chi connectivity index (χ2v) is 7.76. The molecule has 126 valence electrons. The van der Waals surface area contributed by atoms with E-state index in [2.05, 4.69) is 0 Å². The van der Waals surface area contributed by atoms with Crippen LogP contribution in [0.2, 0.25) is 0 Å². The molecule has 1 aromatic carbocycles. The number of aryl methyl sites for hydroxylation is 1. The Bertz CT molecular complexity index is 555. The number of nitrogens with zero attached hydrogens (tertiary/aromatic N) is 1. The summed E-state index contributed by atoms with van der Waals surface area (Å²) in [6.07, 6.45) is 0.954. The molecule has 1 amide bonds. The number of hydrogen-bond acceptors (Lipinski definition) is 4. The fraction of sp³-hybridized carbons (Fsp3) is 0.529. The summed E-state index contributed by atoms with van der Waals surface area (Å²) in [4.78, 5) is 25.3. The Hall–Kier alpha value is -1.69. The van der Waals surface area contributed by atoms with Crippen LogP contribution in [-0.4, -0.2) is 44.8 Å². The van der Waals surface area contributed by atoms with E-state index in [1.54, 1.807) is 20.8 Å². The molecule has 2 atom stereocenters. The van der Waals surface area contributed by atoms with Crippen molar-refractivity contribution in [3.63, 3.8) is 0 Å².